The molecular weight excluding hydrogens is 198 g/mol. The second-order valence-corrected chi connectivity index (χ2v) is 3.99. The largest absolute Gasteiger partial charge is 0.389 e. The topological polar surface area (TPSA) is 41.5 Å². The van der Waals surface area contributed by atoms with Gasteiger partial charge in [-0.15, -0.1) is 0 Å². The fraction of sp³-hybridized carbons (Fsp3) is 1.00. The third kappa shape index (κ3) is 0.906. The molecule has 0 unspecified atom stereocenters. The van der Waals surface area contributed by atoms with Gasteiger partial charge in [-0.1, -0.05) is 15.9 Å². The SMILES string of the molecule is O[C@H]1CO[C@@H]2[C@@H]1NC[C@@H]2Br. The summed E-state index contributed by atoms with van der Waals surface area (Å²) in [7, 11) is 0. The first kappa shape index (κ1) is 7.03. The second-order valence-electron chi connectivity index (χ2n) is 2.82. The van der Waals surface area contributed by atoms with Crippen LogP contribution in [-0.4, -0.2) is 41.3 Å². The molecule has 2 N–H and O–H groups in total. The number of hydrogen-bond acceptors (Lipinski definition) is 3. The number of halogens is 1. The number of fused-ring (bicyclic) bond motifs is 1. The summed E-state index contributed by atoms with van der Waals surface area (Å²) in [6.07, 6.45) is -0.137. The minimum absolute atomic E-state index is 0.157. The van der Waals surface area contributed by atoms with Crippen LogP contribution in [0.1, 0.15) is 0 Å². The molecule has 2 rings (SSSR count). The zero-order valence-corrected chi connectivity index (χ0v) is 7.04. The molecule has 0 saturated carbocycles. The van der Waals surface area contributed by atoms with E-state index in [0.717, 1.165) is 6.54 Å². The number of aliphatic hydroxyl groups is 1. The van der Waals surface area contributed by atoms with Gasteiger partial charge in [0.2, 0.25) is 0 Å². The molecule has 0 radical (unpaired) electrons. The predicted octanol–water partition coefficient (Wildman–Crippen LogP) is -0.519. The fourth-order valence-corrected chi connectivity index (χ4v) is 2.25. The van der Waals surface area contributed by atoms with Crippen molar-refractivity contribution in [2.45, 2.75) is 23.1 Å². The molecule has 10 heavy (non-hydrogen) atoms. The summed E-state index contributed by atoms with van der Waals surface area (Å²) in [6.45, 7) is 1.37. The maximum absolute atomic E-state index is 9.31. The van der Waals surface area contributed by atoms with E-state index in [-0.39, 0.29) is 18.2 Å². The van der Waals surface area contributed by atoms with Crippen molar-refractivity contribution in [3.05, 3.63) is 0 Å². The highest BCUT2D eigenvalue weighted by Crippen LogP contribution is 2.26. The van der Waals surface area contributed by atoms with E-state index in [1.54, 1.807) is 0 Å². The summed E-state index contributed by atoms with van der Waals surface area (Å²) in [4.78, 5) is 0.370. The Morgan fingerprint density at radius 2 is 2.40 bits per heavy atom. The van der Waals surface area contributed by atoms with Gasteiger partial charge in [0.05, 0.1) is 29.7 Å². The van der Waals surface area contributed by atoms with E-state index in [9.17, 15) is 5.11 Å². The molecule has 0 aromatic carbocycles. The Hall–Kier alpha value is 0.360. The maximum Gasteiger partial charge on any atom is 0.0952 e. The Balaban J connectivity index is 2.09. The highest BCUT2D eigenvalue weighted by atomic mass is 79.9. The molecule has 0 amide bonds. The highest BCUT2D eigenvalue weighted by Gasteiger charge is 2.44. The molecule has 0 spiro atoms. The predicted molar refractivity (Wildman–Crippen MR) is 40.3 cm³/mol. The molecule has 2 fully saturated rings. The molecule has 0 aromatic rings. The molecule has 2 aliphatic heterocycles. The van der Waals surface area contributed by atoms with Crippen LogP contribution >= 0.6 is 15.9 Å². The van der Waals surface area contributed by atoms with Gasteiger partial charge in [-0.25, -0.2) is 0 Å². The van der Waals surface area contributed by atoms with Crippen LogP contribution in [0.25, 0.3) is 0 Å². The normalized spacial score (nSPS) is 53.4. The summed E-state index contributed by atoms with van der Waals surface area (Å²) >= 11 is 3.47. The van der Waals surface area contributed by atoms with Gasteiger partial charge in [-0.2, -0.15) is 0 Å². The molecule has 0 aromatic heterocycles. The van der Waals surface area contributed by atoms with Crippen LogP contribution in [0.2, 0.25) is 0 Å². The quantitative estimate of drug-likeness (QED) is 0.526. The van der Waals surface area contributed by atoms with Gasteiger partial charge in [-0.05, 0) is 0 Å². The van der Waals surface area contributed by atoms with Gasteiger partial charge in [0.1, 0.15) is 0 Å². The van der Waals surface area contributed by atoms with Crippen LogP contribution in [0.5, 0.6) is 0 Å². The molecule has 4 heteroatoms. The van der Waals surface area contributed by atoms with Crippen LogP contribution in [0.4, 0.5) is 0 Å². The van der Waals surface area contributed by atoms with Gasteiger partial charge in [0.25, 0.3) is 0 Å². The number of hydrogen-bond donors (Lipinski definition) is 2. The van der Waals surface area contributed by atoms with Crippen molar-refractivity contribution in [2.24, 2.45) is 0 Å². The molecule has 2 aliphatic rings. The molecule has 0 bridgehead atoms. The third-order valence-electron chi connectivity index (χ3n) is 2.13. The molecule has 0 aliphatic carbocycles. The van der Waals surface area contributed by atoms with Crippen LogP contribution in [-0.2, 0) is 4.74 Å². The Morgan fingerprint density at radius 3 is 3.10 bits per heavy atom. The van der Waals surface area contributed by atoms with E-state index in [4.69, 9.17) is 4.74 Å². The van der Waals surface area contributed by atoms with E-state index < -0.39 is 0 Å². The zero-order valence-electron chi connectivity index (χ0n) is 5.46. The number of rotatable bonds is 0. The summed E-state index contributed by atoms with van der Waals surface area (Å²) < 4.78 is 5.34. The summed E-state index contributed by atoms with van der Waals surface area (Å²) in [5.41, 5.74) is 0. The van der Waals surface area contributed by atoms with Crippen LogP contribution in [0, 0.1) is 0 Å². The van der Waals surface area contributed by atoms with Gasteiger partial charge < -0.3 is 15.2 Å². The van der Waals surface area contributed by atoms with Gasteiger partial charge in [-0.3, -0.25) is 0 Å². The van der Waals surface area contributed by atoms with E-state index in [1.165, 1.54) is 0 Å². The lowest BCUT2D eigenvalue weighted by atomic mass is 10.1. The van der Waals surface area contributed by atoms with Crippen molar-refractivity contribution in [3.8, 4) is 0 Å². The minimum atomic E-state index is -0.312. The Morgan fingerprint density at radius 1 is 1.60 bits per heavy atom. The average Bonchev–Trinajstić information content (AvgIpc) is 2.41. The summed E-state index contributed by atoms with van der Waals surface area (Å²) in [5.74, 6) is 0. The van der Waals surface area contributed by atoms with E-state index >= 15 is 0 Å². The molecular formula is C6H10BrNO2. The summed E-state index contributed by atoms with van der Waals surface area (Å²) in [5, 5.41) is 12.5. The zero-order chi connectivity index (χ0) is 7.14. The second kappa shape index (κ2) is 2.44. The first-order chi connectivity index (χ1) is 4.79. The minimum Gasteiger partial charge on any atom is -0.389 e. The molecule has 2 heterocycles. The van der Waals surface area contributed by atoms with Crippen LogP contribution in [0.15, 0.2) is 0 Å². The standard InChI is InChI=1S/C6H10BrNO2/c7-3-1-8-5-4(9)2-10-6(3)5/h3-6,8-9H,1-2H2/t3-,4-,5+,6-/m0/s1. The first-order valence-electron chi connectivity index (χ1n) is 3.46. The number of nitrogens with one attached hydrogen (secondary N) is 1. The average molecular weight is 208 g/mol. The third-order valence-corrected chi connectivity index (χ3v) is 2.98. The van der Waals surface area contributed by atoms with E-state index in [0.29, 0.717) is 11.4 Å². The smallest absolute Gasteiger partial charge is 0.0952 e. The molecule has 2 saturated heterocycles. The van der Waals surface area contributed by atoms with Gasteiger partial charge in [0, 0.05) is 6.54 Å². The van der Waals surface area contributed by atoms with Crippen molar-refractivity contribution < 1.29 is 9.84 Å². The van der Waals surface area contributed by atoms with E-state index in [2.05, 4.69) is 21.2 Å². The summed E-state index contributed by atoms with van der Waals surface area (Å²) in [6, 6.07) is 0.157. The Kier molecular flexibility index (Phi) is 1.72. The van der Waals surface area contributed by atoms with Gasteiger partial charge >= 0.3 is 0 Å². The number of ether oxygens (including phenoxy) is 1. The Labute approximate surface area is 67.9 Å². The fourth-order valence-electron chi connectivity index (χ4n) is 1.58. The lowest BCUT2D eigenvalue weighted by molar-refractivity contribution is 0.0905. The van der Waals surface area contributed by atoms with Crippen molar-refractivity contribution in [1.82, 2.24) is 5.32 Å². The highest BCUT2D eigenvalue weighted by molar-refractivity contribution is 9.09. The van der Waals surface area contributed by atoms with Crippen LogP contribution in [0.3, 0.4) is 0 Å². The first-order valence-corrected chi connectivity index (χ1v) is 4.38. The van der Waals surface area contributed by atoms with Crippen molar-refractivity contribution in [3.63, 3.8) is 0 Å². The van der Waals surface area contributed by atoms with E-state index in [1.807, 2.05) is 0 Å². The van der Waals surface area contributed by atoms with Crippen molar-refractivity contribution in [1.29, 1.82) is 0 Å². The molecule has 58 valence electrons. The number of aliphatic hydroxyl groups excluding tert-OH is 1. The monoisotopic (exact) mass is 207 g/mol. The van der Waals surface area contributed by atoms with Crippen molar-refractivity contribution in [2.75, 3.05) is 13.2 Å². The van der Waals surface area contributed by atoms with Crippen LogP contribution < -0.4 is 5.32 Å². The molecule has 3 nitrogen and oxygen atoms in total. The molecule has 4 atom stereocenters. The van der Waals surface area contributed by atoms with Gasteiger partial charge in [0.15, 0.2) is 0 Å². The van der Waals surface area contributed by atoms with Crippen molar-refractivity contribution >= 4 is 15.9 Å². The lowest BCUT2D eigenvalue weighted by Crippen LogP contribution is -2.36. The lowest BCUT2D eigenvalue weighted by Gasteiger charge is -2.10. The maximum atomic E-state index is 9.31. The number of alkyl halides is 1. The Bertz CT molecular complexity index is 128.